The van der Waals surface area contributed by atoms with Gasteiger partial charge in [0.25, 0.3) is 5.91 Å². The van der Waals surface area contributed by atoms with Crippen LogP contribution in [0.5, 0.6) is 0 Å². The lowest BCUT2D eigenvalue weighted by atomic mass is 10.1. The van der Waals surface area contributed by atoms with Gasteiger partial charge in [-0.25, -0.2) is 0 Å². The molecule has 0 spiro atoms. The molecule has 1 fully saturated rings. The fourth-order valence-electron chi connectivity index (χ4n) is 2.32. The van der Waals surface area contributed by atoms with Gasteiger partial charge in [0.05, 0.1) is 6.10 Å². The topological polar surface area (TPSA) is 40.5 Å². The minimum absolute atomic E-state index is 0.0926. The third-order valence-electron chi connectivity index (χ3n) is 3.06. The van der Waals surface area contributed by atoms with Crippen molar-refractivity contribution in [2.45, 2.75) is 38.3 Å². The number of aliphatic hydroxyl groups is 1. The Morgan fingerprint density at radius 3 is 3.12 bits per heavy atom. The Hall–Kier alpha value is -0.390. The predicted octanol–water partition coefficient (Wildman–Crippen LogP) is 2.89. The molecule has 1 saturated heterocycles. The fourth-order valence-corrected chi connectivity index (χ4v) is 3.81. The van der Waals surface area contributed by atoms with Gasteiger partial charge in [-0.15, -0.1) is 11.3 Å². The molecule has 3 nitrogen and oxygen atoms in total. The number of carbonyl (C=O) groups is 1. The van der Waals surface area contributed by atoms with Gasteiger partial charge in [-0.2, -0.15) is 0 Å². The Balaban J connectivity index is 2.11. The second-order valence-corrected chi connectivity index (χ2v) is 6.25. The quantitative estimate of drug-likeness (QED) is 0.931. The summed E-state index contributed by atoms with van der Waals surface area (Å²) in [6.45, 7) is 2.59. The van der Waals surface area contributed by atoms with Crippen molar-refractivity contribution in [3.63, 3.8) is 0 Å². The zero-order chi connectivity index (χ0) is 12.4. The van der Waals surface area contributed by atoms with Crippen molar-refractivity contribution < 1.29 is 9.90 Å². The average Bonchev–Trinajstić information content (AvgIpc) is 2.85. The fraction of sp³-hybridized carbons (Fsp3) is 0.583. The van der Waals surface area contributed by atoms with Crippen LogP contribution in [0.3, 0.4) is 0 Å². The summed E-state index contributed by atoms with van der Waals surface area (Å²) in [5.41, 5.74) is 0. The molecule has 1 aliphatic heterocycles. The molecule has 2 atom stereocenters. The number of hydrogen-bond donors (Lipinski definition) is 1. The van der Waals surface area contributed by atoms with Crippen LogP contribution in [-0.2, 0) is 0 Å². The Kier molecular flexibility index (Phi) is 4.22. The average molecular weight is 318 g/mol. The summed E-state index contributed by atoms with van der Waals surface area (Å²) < 4.78 is 0.871. The summed E-state index contributed by atoms with van der Waals surface area (Å²) in [6, 6.07) is 2.09. The molecule has 2 rings (SSSR count). The van der Waals surface area contributed by atoms with Gasteiger partial charge in [-0.1, -0.05) is 0 Å². The number of likely N-dealkylation sites (tertiary alicyclic amines) is 1. The molecule has 2 heterocycles. The Morgan fingerprint density at radius 1 is 1.76 bits per heavy atom. The van der Waals surface area contributed by atoms with E-state index >= 15 is 0 Å². The van der Waals surface area contributed by atoms with Crippen molar-refractivity contribution in [3.05, 3.63) is 20.8 Å². The van der Waals surface area contributed by atoms with Gasteiger partial charge < -0.3 is 10.0 Å². The lowest BCUT2D eigenvalue weighted by molar-refractivity contribution is 0.0686. The number of nitrogens with zero attached hydrogens (tertiary/aromatic N) is 1. The molecule has 0 bridgehead atoms. The largest absolute Gasteiger partial charge is 0.393 e. The zero-order valence-electron chi connectivity index (χ0n) is 9.73. The molecule has 1 amide bonds. The van der Waals surface area contributed by atoms with E-state index in [-0.39, 0.29) is 18.1 Å². The first-order valence-corrected chi connectivity index (χ1v) is 7.49. The molecular weight excluding hydrogens is 302 g/mol. The van der Waals surface area contributed by atoms with E-state index in [1.165, 1.54) is 11.3 Å². The molecule has 0 aromatic carbocycles. The molecular formula is C12H16BrNO2S. The van der Waals surface area contributed by atoms with Crippen LogP contribution >= 0.6 is 27.3 Å². The molecule has 0 aliphatic carbocycles. The van der Waals surface area contributed by atoms with E-state index in [1.807, 2.05) is 16.3 Å². The molecule has 17 heavy (non-hydrogen) atoms. The first-order chi connectivity index (χ1) is 8.09. The number of halogens is 1. The highest BCUT2D eigenvalue weighted by Gasteiger charge is 2.31. The minimum atomic E-state index is -0.347. The highest BCUT2D eigenvalue weighted by atomic mass is 79.9. The van der Waals surface area contributed by atoms with Gasteiger partial charge in [0.1, 0.15) is 4.88 Å². The molecule has 1 aliphatic rings. The second kappa shape index (κ2) is 5.50. The van der Waals surface area contributed by atoms with Crippen molar-refractivity contribution in [2.24, 2.45) is 0 Å². The van der Waals surface area contributed by atoms with E-state index in [9.17, 15) is 9.90 Å². The monoisotopic (exact) mass is 317 g/mol. The van der Waals surface area contributed by atoms with E-state index < -0.39 is 0 Å². The van der Waals surface area contributed by atoms with Gasteiger partial charge in [-0.05, 0) is 53.6 Å². The van der Waals surface area contributed by atoms with Crippen LogP contribution in [0.4, 0.5) is 0 Å². The molecule has 0 saturated carbocycles. The maximum Gasteiger partial charge on any atom is 0.265 e. The van der Waals surface area contributed by atoms with Crippen molar-refractivity contribution in [2.75, 3.05) is 6.54 Å². The third kappa shape index (κ3) is 2.89. The summed E-state index contributed by atoms with van der Waals surface area (Å²) in [7, 11) is 0. The maximum atomic E-state index is 12.3. The van der Waals surface area contributed by atoms with Crippen molar-refractivity contribution in [1.29, 1.82) is 0 Å². The Bertz CT molecular complexity index is 405. The van der Waals surface area contributed by atoms with Gasteiger partial charge >= 0.3 is 0 Å². The molecule has 2 unspecified atom stereocenters. The Labute approximate surface area is 114 Å². The van der Waals surface area contributed by atoms with E-state index in [2.05, 4.69) is 15.9 Å². The highest BCUT2D eigenvalue weighted by molar-refractivity contribution is 9.10. The molecule has 1 aromatic rings. The molecule has 1 aromatic heterocycles. The van der Waals surface area contributed by atoms with E-state index in [0.717, 1.165) is 28.7 Å². The predicted molar refractivity (Wildman–Crippen MR) is 72.4 cm³/mol. The number of amides is 1. The van der Waals surface area contributed by atoms with E-state index in [4.69, 9.17) is 0 Å². The smallest absolute Gasteiger partial charge is 0.265 e. The van der Waals surface area contributed by atoms with Gasteiger partial charge in [-0.3, -0.25) is 4.79 Å². The summed E-state index contributed by atoms with van der Waals surface area (Å²) in [5, 5.41) is 11.4. The first kappa shape index (κ1) is 13.1. The zero-order valence-corrected chi connectivity index (χ0v) is 12.1. The lowest BCUT2D eigenvalue weighted by Crippen LogP contribution is -2.36. The van der Waals surface area contributed by atoms with Crippen LogP contribution in [0, 0.1) is 0 Å². The van der Waals surface area contributed by atoms with Gasteiger partial charge in [0.15, 0.2) is 0 Å². The minimum Gasteiger partial charge on any atom is -0.393 e. The van der Waals surface area contributed by atoms with E-state index in [1.54, 1.807) is 6.92 Å². The first-order valence-electron chi connectivity index (χ1n) is 5.81. The standard InChI is InChI=1S/C12H16BrNO2S/c1-8(15)7-9-3-2-5-14(9)12(16)11-10(13)4-6-17-11/h4,6,8-9,15H,2-3,5,7H2,1H3. The number of thiophene rings is 1. The van der Waals surface area contributed by atoms with Crippen LogP contribution < -0.4 is 0 Å². The summed E-state index contributed by atoms with van der Waals surface area (Å²) >= 11 is 4.86. The van der Waals surface area contributed by atoms with Crippen LogP contribution in [0.1, 0.15) is 35.9 Å². The molecule has 94 valence electrons. The summed E-state index contributed by atoms with van der Waals surface area (Å²) in [4.78, 5) is 15.0. The number of hydrogen-bond acceptors (Lipinski definition) is 3. The number of rotatable bonds is 3. The van der Waals surface area contributed by atoms with Crippen molar-refractivity contribution in [3.8, 4) is 0 Å². The van der Waals surface area contributed by atoms with Gasteiger partial charge in [0, 0.05) is 17.1 Å². The second-order valence-electron chi connectivity index (χ2n) is 4.48. The van der Waals surface area contributed by atoms with E-state index in [0.29, 0.717) is 6.42 Å². The highest BCUT2D eigenvalue weighted by Crippen LogP contribution is 2.29. The van der Waals surface area contributed by atoms with Crippen LogP contribution in [-0.4, -0.2) is 34.6 Å². The lowest BCUT2D eigenvalue weighted by Gasteiger charge is -2.25. The maximum absolute atomic E-state index is 12.3. The number of aliphatic hydroxyl groups excluding tert-OH is 1. The normalized spacial score (nSPS) is 21.8. The van der Waals surface area contributed by atoms with Gasteiger partial charge in [0.2, 0.25) is 0 Å². The third-order valence-corrected chi connectivity index (χ3v) is 4.89. The van der Waals surface area contributed by atoms with Crippen molar-refractivity contribution in [1.82, 2.24) is 4.90 Å². The summed E-state index contributed by atoms with van der Waals surface area (Å²) in [6.07, 6.45) is 2.36. The Morgan fingerprint density at radius 2 is 2.53 bits per heavy atom. The SMILES string of the molecule is CC(O)CC1CCCN1C(=O)c1sccc1Br. The molecule has 1 N–H and O–H groups in total. The van der Waals surface area contributed by atoms with Crippen LogP contribution in [0.2, 0.25) is 0 Å². The van der Waals surface area contributed by atoms with Crippen molar-refractivity contribution >= 4 is 33.2 Å². The number of carbonyl (C=O) groups excluding carboxylic acids is 1. The van der Waals surface area contributed by atoms with Crippen LogP contribution in [0.25, 0.3) is 0 Å². The molecule has 0 radical (unpaired) electrons. The van der Waals surface area contributed by atoms with Crippen LogP contribution in [0.15, 0.2) is 15.9 Å². The molecule has 5 heteroatoms. The summed E-state index contributed by atoms with van der Waals surface area (Å²) in [5.74, 6) is 0.0926.